The van der Waals surface area contributed by atoms with Gasteiger partial charge >= 0.3 is 5.97 Å². The number of hydrogen-bond acceptors (Lipinski definition) is 3. The van der Waals surface area contributed by atoms with Crippen molar-refractivity contribution in [1.29, 1.82) is 0 Å². The molecule has 3 aromatic rings. The first kappa shape index (κ1) is 18.0. The zero-order valence-electron chi connectivity index (χ0n) is 13.8. The predicted molar refractivity (Wildman–Crippen MR) is 108 cm³/mol. The number of rotatable bonds is 3. The summed E-state index contributed by atoms with van der Waals surface area (Å²) in [5.74, 6) is -1.52. The summed E-state index contributed by atoms with van der Waals surface area (Å²) in [7, 11) is 0. The summed E-state index contributed by atoms with van der Waals surface area (Å²) in [6, 6.07) is 14.3. The number of nitrogens with one attached hydrogen (secondary N) is 1. The van der Waals surface area contributed by atoms with Gasteiger partial charge in [0, 0.05) is 32.8 Å². The maximum Gasteiger partial charge on any atom is 0.346 e. The molecule has 0 saturated carbocycles. The van der Waals surface area contributed by atoms with Crippen LogP contribution < -0.4 is 5.32 Å². The molecule has 7 heteroatoms. The predicted octanol–water partition coefficient (Wildman–Crippen LogP) is 5.89. The van der Waals surface area contributed by atoms with E-state index in [1.165, 1.54) is 11.3 Å². The summed E-state index contributed by atoms with van der Waals surface area (Å²) >= 11 is 13.5. The van der Waals surface area contributed by atoms with E-state index in [0.717, 1.165) is 16.0 Å². The highest BCUT2D eigenvalue weighted by atomic mass is 35.5. The fourth-order valence-electron chi connectivity index (χ4n) is 3.35. The number of hydrogen-bond donors (Lipinski definition) is 2. The highest BCUT2D eigenvalue weighted by molar-refractivity contribution is 7.15. The molecule has 1 aromatic heterocycles. The van der Waals surface area contributed by atoms with Crippen molar-refractivity contribution < 1.29 is 14.7 Å². The first-order valence-electron chi connectivity index (χ1n) is 8.16. The summed E-state index contributed by atoms with van der Waals surface area (Å²) in [5.41, 5.74) is 2.59. The lowest BCUT2D eigenvalue weighted by atomic mass is 9.88. The molecular weight excluding hydrogens is 405 g/mol. The van der Waals surface area contributed by atoms with Crippen molar-refractivity contribution in [3.63, 3.8) is 0 Å². The van der Waals surface area contributed by atoms with Gasteiger partial charge in [-0.05, 0) is 23.3 Å². The van der Waals surface area contributed by atoms with Crippen molar-refractivity contribution in [2.24, 2.45) is 0 Å². The van der Waals surface area contributed by atoms with Crippen LogP contribution in [0.3, 0.4) is 0 Å². The van der Waals surface area contributed by atoms with E-state index in [1.54, 1.807) is 18.2 Å². The third-order valence-electron chi connectivity index (χ3n) is 4.50. The van der Waals surface area contributed by atoms with E-state index >= 15 is 0 Å². The smallest absolute Gasteiger partial charge is 0.346 e. The van der Waals surface area contributed by atoms with Crippen molar-refractivity contribution in [3.8, 4) is 11.1 Å². The largest absolute Gasteiger partial charge is 0.477 e. The molecule has 1 amide bonds. The number of anilines is 1. The second-order valence-electron chi connectivity index (χ2n) is 6.19. The number of fused-ring (bicyclic) bond motifs is 1. The van der Waals surface area contributed by atoms with Crippen molar-refractivity contribution in [2.75, 3.05) is 5.32 Å². The van der Waals surface area contributed by atoms with Crippen LogP contribution in [0.1, 0.15) is 32.5 Å². The first-order chi connectivity index (χ1) is 13.0. The molecule has 2 aromatic carbocycles. The Kier molecular flexibility index (Phi) is 4.68. The number of carbonyl (C=O) groups excluding carboxylic acids is 1. The molecule has 1 aliphatic rings. The molecule has 0 bridgehead atoms. The molecule has 0 fully saturated rings. The van der Waals surface area contributed by atoms with Crippen LogP contribution in [0.25, 0.3) is 11.1 Å². The second-order valence-corrected chi connectivity index (χ2v) is 8.08. The summed E-state index contributed by atoms with van der Waals surface area (Å²) < 4.78 is 0. The molecule has 2 heterocycles. The minimum absolute atomic E-state index is 0.176. The van der Waals surface area contributed by atoms with Gasteiger partial charge < -0.3 is 10.4 Å². The fraction of sp³-hybridized carbons (Fsp3) is 0.100. The average molecular weight is 418 g/mol. The van der Waals surface area contributed by atoms with E-state index in [0.29, 0.717) is 21.3 Å². The van der Waals surface area contributed by atoms with Crippen molar-refractivity contribution in [2.45, 2.75) is 12.3 Å². The summed E-state index contributed by atoms with van der Waals surface area (Å²) in [6.45, 7) is 0. The number of aromatic carboxylic acids is 1. The van der Waals surface area contributed by atoms with Gasteiger partial charge in [-0.1, -0.05) is 59.6 Å². The van der Waals surface area contributed by atoms with Crippen molar-refractivity contribution in [3.05, 3.63) is 73.9 Å². The number of carboxylic acid groups (broad SMARTS) is 1. The van der Waals surface area contributed by atoms with Crippen molar-refractivity contribution >= 4 is 52.1 Å². The van der Waals surface area contributed by atoms with Gasteiger partial charge in [0.1, 0.15) is 4.88 Å². The van der Waals surface area contributed by atoms with E-state index in [2.05, 4.69) is 5.32 Å². The number of amides is 1. The Balaban J connectivity index is 1.95. The monoisotopic (exact) mass is 417 g/mol. The zero-order chi connectivity index (χ0) is 19.1. The molecule has 2 N–H and O–H groups in total. The molecule has 1 atom stereocenters. The molecule has 136 valence electrons. The average Bonchev–Trinajstić information content (AvgIpc) is 3.01. The van der Waals surface area contributed by atoms with Gasteiger partial charge in [-0.15, -0.1) is 11.3 Å². The van der Waals surface area contributed by atoms with E-state index in [-0.39, 0.29) is 23.1 Å². The lowest BCUT2D eigenvalue weighted by molar-refractivity contribution is -0.116. The van der Waals surface area contributed by atoms with Gasteiger partial charge in [0.2, 0.25) is 5.91 Å². The Bertz CT molecular complexity index is 1060. The molecule has 27 heavy (non-hydrogen) atoms. The SMILES string of the molecule is O=C1C[C@@H](c2ccc(Cl)cc2Cl)c2sc(C(=O)O)c(-c3ccccc3)c2N1. The van der Waals surface area contributed by atoms with E-state index < -0.39 is 5.97 Å². The van der Waals surface area contributed by atoms with Gasteiger partial charge in [-0.25, -0.2) is 4.79 Å². The number of halogens is 2. The summed E-state index contributed by atoms with van der Waals surface area (Å²) in [4.78, 5) is 25.3. The molecule has 4 nitrogen and oxygen atoms in total. The maximum absolute atomic E-state index is 12.4. The third kappa shape index (κ3) is 3.23. The quantitative estimate of drug-likeness (QED) is 0.557. The molecule has 0 aliphatic carbocycles. The Morgan fingerprint density at radius 2 is 1.89 bits per heavy atom. The Labute approximate surface area is 169 Å². The minimum atomic E-state index is -1.02. The molecule has 0 spiro atoms. The number of carboxylic acids is 1. The van der Waals surface area contributed by atoms with E-state index in [4.69, 9.17) is 23.2 Å². The van der Waals surface area contributed by atoms with Gasteiger partial charge in [-0.2, -0.15) is 0 Å². The molecule has 0 saturated heterocycles. The van der Waals surface area contributed by atoms with Crippen LogP contribution in [0.4, 0.5) is 5.69 Å². The van der Waals surface area contributed by atoms with Crippen LogP contribution in [0.15, 0.2) is 48.5 Å². The summed E-state index contributed by atoms with van der Waals surface area (Å²) in [6.07, 6.45) is 0.197. The Hall–Kier alpha value is -2.34. The lowest BCUT2D eigenvalue weighted by Gasteiger charge is -2.24. The Morgan fingerprint density at radius 1 is 1.15 bits per heavy atom. The normalized spacial score (nSPS) is 15.9. The van der Waals surface area contributed by atoms with E-state index in [1.807, 2.05) is 30.3 Å². The topological polar surface area (TPSA) is 66.4 Å². The third-order valence-corrected chi connectivity index (χ3v) is 6.35. The highest BCUT2D eigenvalue weighted by Crippen LogP contribution is 2.50. The Morgan fingerprint density at radius 3 is 2.56 bits per heavy atom. The summed E-state index contributed by atoms with van der Waals surface area (Å²) in [5, 5.41) is 13.6. The lowest BCUT2D eigenvalue weighted by Crippen LogP contribution is -2.22. The van der Waals surface area contributed by atoms with Crippen molar-refractivity contribution in [1.82, 2.24) is 0 Å². The van der Waals surface area contributed by atoms with Crippen LogP contribution in [-0.4, -0.2) is 17.0 Å². The van der Waals surface area contributed by atoms with Crippen LogP contribution in [0.5, 0.6) is 0 Å². The standard InChI is InChI=1S/C20H13Cl2NO3S/c21-11-6-7-12(14(22)8-11)13-9-15(24)23-17-16(10-4-2-1-3-5-10)19(20(25)26)27-18(13)17/h1-8,13H,9H2,(H,23,24)(H,25,26)/t13-/m0/s1. The van der Waals surface area contributed by atoms with Gasteiger partial charge in [0.15, 0.2) is 0 Å². The molecule has 0 unspecified atom stereocenters. The number of benzene rings is 2. The minimum Gasteiger partial charge on any atom is -0.477 e. The van der Waals surface area contributed by atoms with Gasteiger partial charge in [0.25, 0.3) is 0 Å². The highest BCUT2D eigenvalue weighted by Gasteiger charge is 2.35. The molecule has 1 aliphatic heterocycles. The van der Waals surface area contributed by atoms with Crippen LogP contribution in [-0.2, 0) is 4.79 Å². The van der Waals surface area contributed by atoms with E-state index in [9.17, 15) is 14.7 Å². The maximum atomic E-state index is 12.4. The number of thiophene rings is 1. The fourth-order valence-corrected chi connectivity index (χ4v) is 5.13. The second kappa shape index (κ2) is 7.00. The molecule has 4 rings (SSSR count). The molecular formula is C20H13Cl2NO3S. The van der Waals surface area contributed by atoms with Gasteiger partial charge in [-0.3, -0.25) is 4.79 Å². The zero-order valence-corrected chi connectivity index (χ0v) is 16.2. The van der Waals surface area contributed by atoms with Crippen LogP contribution in [0, 0.1) is 0 Å². The van der Waals surface area contributed by atoms with Gasteiger partial charge in [0.05, 0.1) is 5.69 Å². The first-order valence-corrected chi connectivity index (χ1v) is 9.73. The molecule has 0 radical (unpaired) electrons. The van der Waals surface area contributed by atoms with Crippen LogP contribution in [0.2, 0.25) is 10.0 Å². The number of carbonyl (C=O) groups is 2. The van der Waals surface area contributed by atoms with Crippen LogP contribution >= 0.6 is 34.5 Å².